The van der Waals surface area contributed by atoms with Gasteiger partial charge in [-0.2, -0.15) is 0 Å². The van der Waals surface area contributed by atoms with E-state index in [9.17, 15) is 8.42 Å². The van der Waals surface area contributed by atoms with Crippen LogP contribution in [0.15, 0.2) is 30.5 Å². The molecule has 1 aromatic carbocycles. The maximum atomic E-state index is 11.6. The zero-order valence-corrected chi connectivity index (χ0v) is 11.2. The van der Waals surface area contributed by atoms with Crippen LogP contribution in [0, 0.1) is 0 Å². The smallest absolute Gasteiger partial charge is 0.223 e. The Morgan fingerprint density at radius 2 is 2.11 bits per heavy atom. The molecule has 6 heteroatoms. The first-order chi connectivity index (χ1) is 9.12. The van der Waals surface area contributed by atoms with Gasteiger partial charge in [0, 0.05) is 17.6 Å². The van der Waals surface area contributed by atoms with Crippen LogP contribution in [0.25, 0.3) is 10.9 Å². The Bertz CT molecular complexity index is 700. The minimum atomic E-state index is -2.91. The summed E-state index contributed by atoms with van der Waals surface area (Å²) in [6.07, 6.45) is 3.30. The van der Waals surface area contributed by atoms with E-state index in [4.69, 9.17) is 0 Å². The number of rotatable bonds is 2. The highest BCUT2D eigenvalue weighted by Crippen LogP contribution is 2.17. The molecular formula is C13H15N3O2S. The fraction of sp³-hybridized carbons (Fsp3) is 0.385. The van der Waals surface area contributed by atoms with Gasteiger partial charge < -0.3 is 5.32 Å². The standard InChI is InChI=1S/C13H15N3O2S/c17-19(18)7-3-5-11(9-19)15-13-14-8-10-4-1-2-6-12(10)16-13/h1-2,4,6,8,11H,3,5,7,9H2,(H,14,15,16). The second-order valence-electron chi connectivity index (χ2n) is 4.85. The molecule has 1 atom stereocenters. The Kier molecular flexibility index (Phi) is 3.10. The lowest BCUT2D eigenvalue weighted by molar-refractivity contribution is 0.561. The molecule has 100 valence electrons. The molecule has 1 N–H and O–H groups in total. The van der Waals surface area contributed by atoms with E-state index in [2.05, 4.69) is 15.3 Å². The molecule has 1 unspecified atom stereocenters. The largest absolute Gasteiger partial charge is 0.350 e. The Morgan fingerprint density at radius 1 is 1.26 bits per heavy atom. The van der Waals surface area contributed by atoms with Crippen LogP contribution >= 0.6 is 0 Å². The third-order valence-corrected chi connectivity index (χ3v) is 5.11. The number of anilines is 1. The predicted octanol–water partition coefficient (Wildman–Crippen LogP) is 1.62. The Hall–Kier alpha value is -1.69. The molecule has 1 aliphatic heterocycles. The molecule has 0 bridgehead atoms. The zero-order chi connectivity index (χ0) is 13.3. The molecule has 0 saturated carbocycles. The van der Waals surface area contributed by atoms with Gasteiger partial charge >= 0.3 is 0 Å². The molecule has 19 heavy (non-hydrogen) atoms. The Morgan fingerprint density at radius 3 is 2.95 bits per heavy atom. The molecule has 1 aromatic heterocycles. The summed E-state index contributed by atoms with van der Waals surface area (Å²) in [5.41, 5.74) is 0.860. The van der Waals surface area contributed by atoms with Crippen LogP contribution in [-0.2, 0) is 9.84 Å². The van der Waals surface area contributed by atoms with Crippen molar-refractivity contribution in [2.45, 2.75) is 18.9 Å². The number of aromatic nitrogens is 2. The molecule has 1 saturated heterocycles. The molecule has 0 spiro atoms. The van der Waals surface area contributed by atoms with Crippen LogP contribution < -0.4 is 5.32 Å². The number of hydrogen-bond acceptors (Lipinski definition) is 5. The highest BCUT2D eigenvalue weighted by atomic mass is 32.2. The number of sulfone groups is 1. The number of benzene rings is 1. The number of nitrogens with one attached hydrogen (secondary N) is 1. The molecule has 0 aliphatic carbocycles. The minimum Gasteiger partial charge on any atom is -0.350 e. The SMILES string of the molecule is O=S1(=O)CCCC(Nc2ncc3ccccc3n2)C1. The topological polar surface area (TPSA) is 72.0 Å². The fourth-order valence-corrected chi connectivity index (χ4v) is 4.00. The highest BCUT2D eigenvalue weighted by Gasteiger charge is 2.25. The quantitative estimate of drug-likeness (QED) is 0.903. The summed E-state index contributed by atoms with van der Waals surface area (Å²) in [5, 5.41) is 4.10. The first kappa shape index (κ1) is 12.3. The summed E-state index contributed by atoms with van der Waals surface area (Å²) in [6.45, 7) is 0. The van der Waals surface area contributed by atoms with E-state index in [0.29, 0.717) is 18.1 Å². The van der Waals surface area contributed by atoms with E-state index in [-0.39, 0.29) is 11.8 Å². The van der Waals surface area contributed by atoms with Gasteiger partial charge in [0.15, 0.2) is 9.84 Å². The third kappa shape index (κ3) is 2.84. The molecule has 3 rings (SSSR count). The van der Waals surface area contributed by atoms with Crippen LogP contribution in [0.5, 0.6) is 0 Å². The lowest BCUT2D eigenvalue weighted by Gasteiger charge is -2.22. The fourth-order valence-electron chi connectivity index (χ4n) is 2.36. The van der Waals surface area contributed by atoms with Crippen LogP contribution in [0.1, 0.15) is 12.8 Å². The molecule has 5 nitrogen and oxygen atoms in total. The summed E-state index contributed by atoms with van der Waals surface area (Å²) in [7, 11) is -2.91. The highest BCUT2D eigenvalue weighted by molar-refractivity contribution is 7.91. The summed E-state index contributed by atoms with van der Waals surface area (Å²) in [6, 6.07) is 7.64. The van der Waals surface area contributed by atoms with E-state index in [0.717, 1.165) is 17.3 Å². The van der Waals surface area contributed by atoms with Gasteiger partial charge in [-0.3, -0.25) is 0 Å². The summed E-state index contributed by atoms with van der Waals surface area (Å²) in [5.74, 6) is 0.966. The normalized spacial score (nSPS) is 22.2. The lowest BCUT2D eigenvalue weighted by Crippen LogP contribution is -2.35. The van der Waals surface area contributed by atoms with E-state index >= 15 is 0 Å². The predicted molar refractivity (Wildman–Crippen MR) is 74.8 cm³/mol. The van der Waals surface area contributed by atoms with Gasteiger partial charge in [-0.25, -0.2) is 18.4 Å². The average Bonchev–Trinajstić information content (AvgIpc) is 2.37. The maximum Gasteiger partial charge on any atom is 0.223 e. The van der Waals surface area contributed by atoms with Crippen LogP contribution in [0.4, 0.5) is 5.95 Å². The van der Waals surface area contributed by atoms with Crippen molar-refractivity contribution in [2.75, 3.05) is 16.8 Å². The van der Waals surface area contributed by atoms with Crippen molar-refractivity contribution in [3.05, 3.63) is 30.5 Å². The number of para-hydroxylation sites is 1. The first-order valence-corrected chi connectivity index (χ1v) is 8.13. The van der Waals surface area contributed by atoms with E-state index in [1.54, 1.807) is 6.20 Å². The molecule has 2 heterocycles. The molecule has 1 fully saturated rings. The van der Waals surface area contributed by atoms with Gasteiger partial charge in [0.05, 0.1) is 17.0 Å². The van der Waals surface area contributed by atoms with Crippen molar-refractivity contribution in [1.82, 2.24) is 9.97 Å². The number of fused-ring (bicyclic) bond motifs is 1. The van der Waals surface area contributed by atoms with Crippen molar-refractivity contribution in [3.63, 3.8) is 0 Å². The minimum absolute atomic E-state index is 0.0834. The summed E-state index contributed by atoms with van der Waals surface area (Å²) < 4.78 is 23.2. The average molecular weight is 277 g/mol. The molecular weight excluding hydrogens is 262 g/mol. The zero-order valence-electron chi connectivity index (χ0n) is 10.4. The molecule has 0 radical (unpaired) electrons. The van der Waals surface area contributed by atoms with E-state index in [1.165, 1.54) is 0 Å². The Labute approximate surface area is 112 Å². The molecule has 1 aliphatic rings. The van der Waals surface area contributed by atoms with Crippen molar-refractivity contribution >= 4 is 26.7 Å². The van der Waals surface area contributed by atoms with E-state index in [1.807, 2.05) is 24.3 Å². The van der Waals surface area contributed by atoms with Gasteiger partial charge in [-0.1, -0.05) is 18.2 Å². The second-order valence-corrected chi connectivity index (χ2v) is 7.08. The maximum absolute atomic E-state index is 11.6. The van der Waals surface area contributed by atoms with Crippen LogP contribution in [-0.4, -0.2) is 35.9 Å². The summed E-state index contributed by atoms with van der Waals surface area (Å²) >= 11 is 0. The van der Waals surface area contributed by atoms with Crippen molar-refractivity contribution in [1.29, 1.82) is 0 Å². The van der Waals surface area contributed by atoms with Crippen LogP contribution in [0.2, 0.25) is 0 Å². The van der Waals surface area contributed by atoms with Crippen molar-refractivity contribution in [2.24, 2.45) is 0 Å². The molecule has 2 aromatic rings. The van der Waals surface area contributed by atoms with Gasteiger partial charge in [0.1, 0.15) is 0 Å². The number of nitrogens with zero attached hydrogens (tertiary/aromatic N) is 2. The summed E-state index contributed by atoms with van der Waals surface area (Å²) in [4.78, 5) is 8.63. The van der Waals surface area contributed by atoms with Gasteiger partial charge in [-0.15, -0.1) is 0 Å². The third-order valence-electron chi connectivity index (χ3n) is 3.29. The number of hydrogen-bond donors (Lipinski definition) is 1. The van der Waals surface area contributed by atoms with Gasteiger partial charge in [0.2, 0.25) is 5.95 Å². The van der Waals surface area contributed by atoms with Crippen molar-refractivity contribution < 1.29 is 8.42 Å². The van der Waals surface area contributed by atoms with E-state index < -0.39 is 9.84 Å². The second kappa shape index (κ2) is 4.77. The lowest BCUT2D eigenvalue weighted by atomic mass is 10.2. The van der Waals surface area contributed by atoms with Gasteiger partial charge in [0.25, 0.3) is 0 Å². The monoisotopic (exact) mass is 277 g/mol. The van der Waals surface area contributed by atoms with Crippen molar-refractivity contribution in [3.8, 4) is 0 Å². The Balaban J connectivity index is 1.81. The van der Waals surface area contributed by atoms with Gasteiger partial charge in [-0.05, 0) is 18.9 Å². The molecule has 0 amide bonds. The van der Waals surface area contributed by atoms with Crippen LogP contribution in [0.3, 0.4) is 0 Å². The first-order valence-electron chi connectivity index (χ1n) is 6.31.